The van der Waals surface area contributed by atoms with Crippen LogP contribution in [0.15, 0.2) is 79.0 Å². The quantitative estimate of drug-likeness (QED) is 0.599. The number of benzene rings is 2. The van der Waals surface area contributed by atoms with Crippen molar-refractivity contribution < 1.29 is 9.53 Å². The number of hydrogen-bond acceptors (Lipinski definition) is 4. The molecule has 1 aliphatic rings. The predicted molar refractivity (Wildman–Crippen MR) is 121 cm³/mol. The number of nitrogens with one attached hydrogen (secondary N) is 1. The van der Waals surface area contributed by atoms with Crippen molar-refractivity contribution in [1.29, 1.82) is 0 Å². The molecule has 0 saturated carbocycles. The van der Waals surface area contributed by atoms with E-state index in [1.165, 1.54) is 11.1 Å². The molecule has 31 heavy (non-hydrogen) atoms. The van der Waals surface area contributed by atoms with Gasteiger partial charge in [0.2, 0.25) is 5.91 Å². The molecule has 0 aliphatic carbocycles. The molecule has 0 bridgehead atoms. The Morgan fingerprint density at radius 1 is 0.935 bits per heavy atom. The van der Waals surface area contributed by atoms with Crippen LogP contribution in [-0.4, -0.2) is 28.9 Å². The normalized spacial score (nSPS) is 14.8. The fraction of sp³-hybridized carbons (Fsp3) is 0.308. The summed E-state index contributed by atoms with van der Waals surface area (Å²) in [5, 5.41) is 3.03. The Hall–Kier alpha value is -3.18. The minimum Gasteiger partial charge on any atom is -0.489 e. The summed E-state index contributed by atoms with van der Waals surface area (Å²) < 4.78 is 5.87. The van der Waals surface area contributed by atoms with Gasteiger partial charge in [0.15, 0.2) is 0 Å². The molecule has 160 valence electrons. The minimum absolute atomic E-state index is 0.0914. The van der Waals surface area contributed by atoms with Gasteiger partial charge in [0.25, 0.3) is 0 Å². The van der Waals surface area contributed by atoms with E-state index in [1.54, 1.807) is 6.20 Å². The van der Waals surface area contributed by atoms with Crippen LogP contribution in [0.3, 0.4) is 0 Å². The van der Waals surface area contributed by atoms with E-state index >= 15 is 0 Å². The van der Waals surface area contributed by atoms with Gasteiger partial charge in [-0.05, 0) is 61.3 Å². The molecule has 0 spiro atoms. The molecule has 1 amide bonds. The van der Waals surface area contributed by atoms with E-state index in [0.717, 1.165) is 43.9 Å². The zero-order chi connectivity index (χ0) is 21.3. The second-order valence-electron chi connectivity index (χ2n) is 8.01. The van der Waals surface area contributed by atoms with Gasteiger partial charge in [0.1, 0.15) is 12.4 Å². The second-order valence-corrected chi connectivity index (χ2v) is 8.01. The van der Waals surface area contributed by atoms with E-state index in [-0.39, 0.29) is 11.8 Å². The smallest absolute Gasteiger partial charge is 0.223 e. The molecule has 0 atom stereocenters. The van der Waals surface area contributed by atoms with Crippen molar-refractivity contribution in [2.45, 2.75) is 32.5 Å². The molecule has 2 aromatic carbocycles. The second kappa shape index (κ2) is 10.7. The SMILES string of the molecule is O=C(NCc1ccccn1)C1CCN(Cc2ccc(OCc3ccccc3)cc2)CC1. The monoisotopic (exact) mass is 415 g/mol. The van der Waals surface area contributed by atoms with Crippen molar-refractivity contribution in [3.8, 4) is 5.75 Å². The van der Waals surface area contributed by atoms with Crippen molar-refractivity contribution in [3.63, 3.8) is 0 Å². The van der Waals surface area contributed by atoms with Gasteiger partial charge in [-0.3, -0.25) is 14.7 Å². The lowest BCUT2D eigenvalue weighted by atomic mass is 9.95. The fourth-order valence-electron chi connectivity index (χ4n) is 3.87. The average molecular weight is 416 g/mol. The standard InChI is InChI=1S/C26H29N3O2/c30-26(28-18-24-8-4-5-15-27-24)23-13-16-29(17-14-23)19-21-9-11-25(12-10-21)31-20-22-6-2-1-3-7-22/h1-12,15,23H,13-14,16-20H2,(H,28,30). The minimum atomic E-state index is 0.0914. The van der Waals surface area contributed by atoms with E-state index in [2.05, 4.69) is 39.5 Å². The first-order chi connectivity index (χ1) is 15.3. The van der Waals surface area contributed by atoms with Crippen molar-refractivity contribution in [2.24, 2.45) is 5.92 Å². The van der Waals surface area contributed by atoms with Gasteiger partial charge in [-0.25, -0.2) is 0 Å². The number of aromatic nitrogens is 1. The third-order valence-corrected chi connectivity index (χ3v) is 5.71. The highest BCUT2D eigenvalue weighted by atomic mass is 16.5. The molecule has 1 aromatic heterocycles. The first-order valence-electron chi connectivity index (χ1n) is 10.9. The largest absolute Gasteiger partial charge is 0.489 e. The van der Waals surface area contributed by atoms with Crippen LogP contribution in [0, 0.1) is 5.92 Å². The van der Waals surface area contributed by atoms with Gasteiger partial charge in [0.05, 0.1) is 12.2 Å². The average Bonchev–Trinajstić information content (AvgIpc) is 2.84. The molecule has 4 rings (SSSR count). The summed E-state index contributed by atoms with van der Waals surface area (Å²) >= 11 is 0. The van der Waals surface area contributed by atoms with Crippen molar-refractivity contribution in [2.75, 3.05) is 13.1 Å². The Kier molecular flexibility index (Phi) is 7.29. The number of likely N-dealkylation sites (tertiary alicyclic amines) is 1. The molecule has 2 heterocycles. The first kappa shape index (κ1) is 21.1. The highest BCUT2D eigenvalue weighted by molar-refractivity contribution is 5.78. The fourth-order valence-corrected chi connectivity index (χ4v) is 3.87. The molecule has 0 unspecified atom stereocenters. The summed E-state index contributed by atoms with van der Waals surface area (Å²) in [6.45, 7) is 3.86. The summed E-state index contributed by atoms with van der Waals surface area (Å²) in [4.78, 5) is 19.1. The number of rotatable bonds is 8. The zero-order valence-corrected chi connectivity index (χ0v) is 17.7. The summed E-state index contributed by atoms with van der Waals surface area (Å²) in [5.41, 5.74) is 3.33. The van der Waals surface area contributed by atoms with Crippen LogP contribution < -0.4 is 10.1 Å². The van der Waals surface area contributed by atoms with Crippen molar-refractivity contribution in [1.82, 2.24) is 15.2 Å². The van der Waals surface area contributed by atoms with Crippen LogP contribution in [0.5, 0.6) is 5.75 Å². The van der Waals surface area contributed by atoms with Crippen LogP contribution in [-0.2, 0) is 24.5 Å². The Labute approximate surface area is 184 Å². The van der Waals surface area contributed by atoms with Crippen LogP contribution in [0.4, 0.5) is 0 Å². The maximum absolute atomic E-state index is 12.5. The van der Waals surface area contributed by atoms with Gasteiger partial charge in [-0.1, -0.05) is 48.5 Å². The number of amides is 1. The third-order valence-electron chi connectivity index (χ3n) is 5.71. The molecule has 5 nitrogen and oxygen atoms in total. The number of carbonyl (C=O) groups excluding carboxylic acids is 1. The van der Waals surface area contributed by atoms with Gasteiger partial charge in [-0.2, -0.15) is 0 Å². The zero-order valence-electron chi connectivity index (χ0n) is 17.7. The van der Waals surface area contributed by atoms with Crippen LogP contribution in [0.2, 0.25) is 0 Å². The topological polar surface area (TPSA) is 54.5 Å². The van der Waals surface area contributed by atoms with Gasteiger partial charge in [0, 0.05) is 18.7 Å². The van der Waals surface area contributed by atoms with Gasteiger partial charge >= 0.3 is 0 Å². The van der Waals surface area contributed by atoms with E-state index in [0.29, 0.717) is 13.2 Å². The van der Waals surface area contributed by atoms with E-state index in [9.17, 15) is 4.79 Å². The first-order valence-corrected chi connectivity index (χ1v) is 10.9. The van der Waals surface area contributed by atoms with Crippen molar-refractivity contribution in [3.05, 3.63) is 95.8 Å². The molecule has 1 fully saturated rings. The summed E-state index contributed by atoms with van der Waals surface area (Å²) in [5.74, 6) is 1.12. The Bertz CT molecular complexity index is 937. The lowest BCUT2D eigenvalue weighted by Gasteiger charge is -2.31. The van der Waals surface area contributed by atoms with E-state index < -0.39 is 0 Å². The molecular weight excluding hydrogens is 386 g/mol. The number of hydrogen-bond donors (Lipinski definition) is 1. The lowest BCUT2D eigenvalue weighted by Crippen LogP contribution is -2.40. The van der Waals surface area contributed by atoms with E-state index in [1.807, 2.05) is 48.5 Å². The summed E-state index contributed by atoms with van der Waals surface area (Å²) in [7, 11) is 0. The maximum Gasteiger partial charge on any atom is 0.223 e. The molecular formula is C26H29N3O2. The predicted octanol–water partition coefficient (Wildman–Crippen LogP) is 4.19. The maximum atomic E-state index is 12.5. The number of carbonyl (C=O) groups is 1. The molecule has 5 heteroatoms. The highest BCUT2D eigenvalue weighted by Crippen LogP contribution is 2.21. The molecule has 1 aliphatic heterocycles. The molecule has 1 N–H and O–H groups in total. The van der Waals surface area contributed by atoms with Crippen LogP contribution in [0.25, 0.3) is 0 Å². The molecule has 0 radical (unpaired) electrons. The van der Waals surface area contributed by atoms with Gasteiger partial charge < -0.3 is 10.1 Å². The number of piperidine rings is 1. The number of pyridine rings is 1. The van der Waals surface area contributed by atoms with E-state index in [4.69, 9.17) is 4.74 Å². The Balaban J connectivity index is 1.18. The summed E-state index contributed by atoms with van der Waals surface area (Å²) in [6, 6.07) is 24.3. The Morgan fingerprint density at radius 2 is 1.68 bits per heavy atom. The summed E-state index contributed by atoms with van der Waals surface area (Å²) in [6.07, 6.45) is 3.54. The molecule has 1 saturated heterocycles. The number of ether oxygens (including phenoxy) is 1. The third kappa shape index (κ3) is 6.40. The van der Waals surface area contributed by atoms with Crippen LogP contribution in [0.1, 0.15) is 29.7 Å². The lowest BCUT2D eigenvalue weighted by molar-refractivity contribution is -0.126. The van der Waals surface area contributed by atoms with Gasteiger partial charge in [-0.15, -0.1) is 0 Å². The molecule has 3 aromatic rings. The van der Waals surface area contributed by atoms with Crippen LogP contribution >= 0.6 is 0 Å². The Morgan fingerprint density at radius 3 is 2.39 bits per heavy atom. The van der Waals surface area contributed by atoms with Crippen molar-refractivity contribution >= 4 is 5.91 Å². The highest BCUT2D eigenvalue weighted by Gasteiger charge is 2.24. The number of nitrogens with zero attached hydrogens (tertiary/aromatic N) is 2.